The monoisotopic (exact) mass is 207 g/mol. The lowest BCUT2D eigenvalue weighted by Crippen LogP contribution is -2.25. The Morgan fingerprint density at radius 3 is 2.46 bits per heavy atom. The van der Waals surface area contributed by atoms with Crippen molar-refractivity contribution in [3.05, 3.63) is 12.2 Å². The largest absolute Gasteiger partial charge is 0.461 e. The van der Waals surface area contributed by atoms with E-state index in [0.29, 0.717) is 0 Å². The van der Waals surface area contributed by atoms with E-state index in [1.165, 1.54) is 14.0 Å². The van der Waals surface area contributed by atoms with Gasteiger partial charge in [-0.25, -0.2) is 17.9 Å². The van der Waals surface area contributed by atoms with Crippen molar-refractivity contribution in [2.45, 2.75) is 6.92 Å². The van der Waals surface area contributed by atoms with Gasteiger partial charge in [0, 0.05) is 5.57 Å². The number of sulfonamides is 1. The van der Waals surface area contributed by atoms with Gasteiger partial charge in [-0.1, -0.05) is 6.58 Å². The first-order chi connectivity index (χ1) is 5.89. The molecule has 0 aromatic carbocycles. The summed E-state index contributed by atoms with van der Waals surface area (Å²) in [7, 11) is -2.00. The van der Waals surface area contributed by atoms with Crippen molar-refractivity contribution in [2.75, 3.05) is 19.4 Å². The van der Waals surface area contributed by atoms with Crippen molar-refractivity contribution < 1.29 is 17.9 Å². The Hall–Kier alpha value is -0.880. The maximum atomic E-state index is 10.8. The lowest BCUT2D eigenvalue weighted by Gasteiger charge is -2.04. The van der Waals surface area contributed by atoms with Gasteiger partial charge in [0.25, 0.3) is 0 Å². The van der Waals surface area contributed by atoms with Gasteiger partial charge < -0.3 is 4.74 Å². The van der Waals surface area contributed by atoms with E-state index in [-0.39, 0.29) is 17.9 Å². The lowest BCUT2D eigenvalue weighted by atomic mass is 10.4. The van der Waals surface area contributed by atoms with E-state index in [9.17, 15) is 13.2 Å². The molecule has 76 valence electrons. The molecule has 0 aromatic rings. The van der Waals surface area contributed by atoms with Crippen molar-refractivity contribution in [1.29, 1.82) is 0 Å². The number of rotatable bonds is 5. The fraction of sp³-hybridized carbons (Fsp3) is 0.571. The summed E-state index contributed by atoms with van der Waals surface area (Å²) in [5.74, 6) is -0.811. The third-order valence-corrected chi connectivity index (χ3v) is 2.57. The van der Waals surface area contributed by atoms with Crippen LogP contribution in [0.2, 0.25) is 0 Å². The molecule has 0 spiro atoms. The molecule has 6 heteroatoms. The zero-order chi connectivity index (χ0) is 10.5. The molecule has 0 saturated heterocycles. The Labute approximate surface area is 77.8 Å². The average molecular weight is 207 g/mol. The van der Waals surface area contributed by atoms with E-state index in [4.69, 9.17) is 0 Å². The van der Waals surface area contributed by atoms with Gasteiger partial charge in [-0.15, -0.1) is 0 Å². The standard InChI is InChI=1S/C7H13NO4S/c1-6(2)7(9)12-4-5-13(10,11)8-3/h8H,1,4-5H2,2-3H3. The summed E-state index contributed by atoms with van der Waals surface area (Å²) in [6.45, 7) is 4.69. The third kappa shape index (κ3) is 5.37. The van der Waals surface area contributed by atoms with Crippen molar-refractivity contribution in [3.8, 4) is 0 Å². The van der Waals surface area contributed by atoms with Gasteiger partial charge in [-0.05, 0) is 14.0 Å². The lowest BCUT2D eigenvalue weighted by molar-refractivity contribution is -0.138. The Bertz CT molecular complexity index is 294. The van der Waals surface area contributed by atoms with Crippen LogP contribution in [-0.2, 0) is 19.6 Å². The van der Waals surface area contributed by atoms with Crippen molar-refractivity contribution in [1.82, 2.24) is 4.72 Å². The molecule has 0 aliphatic carbocycles. The highest BCUT2D eigenvalue weighted by Gasteiger charge is 2.09. The quantitative estimate of drug-likeness (QED) is 0.494. The van der Waals surface area contributed by atoms with Crippen LogP contribution in [0.5, 0.6) is 0 Å². The Balaban J connectivity index is 3.82. The Morgan fingerprint density at radius 2 is 2.08 bits per heavy atom. The molecular formula is C7H13NO4S. The first kappa shape index (κ1) is 12.1. The van der Waals surface area contributed by atoms with E-state index in [1.54, 1.807) is 0 Å². The second-order valence-electron chi connectivity index (χ2n) is 2.44. The van der Waals surface area contributed by atoms with Gasteiger partial charge in [0.05, 0.1) is 5.75 Å². The van der Waals surface area contributed by atoms with E-state index >= 15 is 0 Å². The summed E-state index contributed by atoms with van der Waals surface area (Å²) in [6.07, 6.45) is 0. The van der Waals surface area contributed by atoms with Crippen LogP contribution in [0.4, 0.5) is 0 Å². The molecule has 0 radical (unpaired) electrons. The van der Waals surface area contributed by atoms with Gasteiger partial charge >= 0.3 is 5.97 Å². The number of ether oxygens (including phenoxy) is 1. The van der Waals surface area contributed by atoms with E-state index in [1.807, 2.05) is 0 Å². The summed E-state index contributed by atoms with van der Waals surface area (Å²) in [5, 5.41) is 0. The zero-order valence-electron chi connectivity index (χ0n) is 7.66. The van der Waals surface area contributed by atoms with Crippen LogP contribution in [0.3, 0.4) is 0 Å². The minimum atomic E-state index is -3.30. The first-order valence-electron chi connectivity index (χ1n) is 3.63. The number of hydrogen-bond acceptors (Lipinski definition) is 4. The van der Waals surface area contributed by atoms with Gasteiger partial charge in [0.2, 0.25) is 10.0 Å². The third-order valence-electron chi connectivity index (χ3n) is 1.24. The van der Waals surface area contributed by atoms with Crippen molar-refractivity contribution in [3.63, 3.8) is 0 Å². The Morgan fingerprint density at radius 1 is 1.54 bits per heavy atom. The number of nitrogens with one attached hydrogen (secondary N) is 1. The molecule has 5 nitrogen and oxygen atoms in total. The average Bonchev–Trinajstić information content (AvgIpc) is 2.04. The molecule has 0 atom stereocenters. The second-order valence-corrected chi connectivity index (χ2v) is 4.49. The SMILES string of the molecule is C=C(C)C(=O)OCCS(=O)(=O)NC. The summed E-state index contributed by atoms with van der Waals surface area (Å²) in [4.78, 5) is 10.8. The highest BCUT2D eigenvalue weighted by Crippen LogP contribution is 1.92. The summed E-state index contributed by atoms with van der Waals surface area (Å²) >= 11 is 0. The molecule has 0 aliphatic heterocycles. The van der Waals surface area contributed by atoms with Crippen LogP contribution in [0.25, 0.3) is 0 Å². The highest BCUT2D eigenvalue weighted by atomic mass is 32.2. The maximum absolute atomic E-state index is 10.8. The second kappa shape index (κ2) is 4.98. The van der Waals surface area contributed by atoms with Gasteiger partial charge in [0.15, 0.2) is 0 Å². The molecular weight excluding hydrogens is 194 g/mol. The van der Waals surface area contributed by atoms with E-state index in [0.717, 1.165) is 0 Å². The number of hydrogen-bond donors (Lipinski definition) is 1. The molecule has 0 fully saturated rings. The van der Waals surface area contributed by atoms with Crippen LogP contribution in [0.15, 0.2) is 12.2 Å². The van der Waals surface area contributed by atoms with Crippen LogP contribution in [0.1, 0.15) is 6.92 Å². The smallest absolute Gasteiger partial charge is 0.333 e. The minimum Gasteiger partial charge on any atom is -0.461 e. The molecule has 0 heterocycles. The van der Waals surface area contributed by atoms with E-state index < -0.39 is 16.0 Å². The topological polar surface area (TPSA) is 72.5 Å². The fourth-order valence-corrected chi connectivity index (χ4v) is 0.976. The normalized spacial score (nSPS) is 10.9. The van der Waals surface area contributed by atoms with Gasteiger partial charge in [-0.2, -0.15) is 0 Å². The highest BCUT2D eigenvalue weighted by molar-refractivity contribution is 7.89. The minimum absolute atomic E-state index is 0.158. The zero-order valence-corrected chi connectivity index (χ0v) is 8.48. The van der Waals surface area contributed by atoms with Crippen molar-refractivity contribution in [2.24, 2.45) is 0 Å². The molecule has 1 N–H and O–H groups in total. The molecule has 0 aliphatic rings. The summed E-state index contributed by atoms with van der Waals surface area (Å²) in [6, 6.07) is 0. The van der Waals surface area contributed by atoms with Crippen molar-refractivity contribution >= 4 is 16.0 Å². The maximum Gasteiger partial charge on any atom is 0.333 e. The molecule has 0 amide bonds. The number of esters is 1. The van der Waals surface area contributed by atoms with Crippen LogP contribution < -0.4 is 4.72 Å². The summed E-state index contributed by atoms with van der Waals surface area (Å²) < 4.78 is 28.3. The van der Waals surface area contributed by atoms with Crippen LogP contribution >= 0.6 is 0 Å². The predicted octanol–water partition coefficient (Wildman–Crippen LogP) is -0.345. The number of carbonyl (C=O) groups is 1. The molecule has 0 bridgehead atoms. The van der Waals surface area contributed by atoms with Crippen LogP contribution in [-0.4, -0.2) is 33.8 Å². The first-order valence-corrected chi connectivity index (χ1v) is 5.28. The van der Waals surface area contributed by atoms with Gasteiger partial charge in [0.1, 0.15) is 6.61 Å². The Kier molecular flexibility index (Phi) is 4.64. The molecule has 13 heavy (non-hydrogen) atoms. The fourth-order valence-electron chi connectivity index (χ4n) is 0.469. The molecule has 0 saturated carbocycles. The van der Waals surface area contributed by atoms with E-state index in [2.05, 4.69) is 16.0 Å². The molecule has 0 aromatic heterocycles. The van der Waals surface area contributed by atoms with Crippen LogP contribution in [0, 0.1) is 0 Å². The predicted molar refractivity (Wildman–Crippen MR) is 48.6 cm³/mol. The molecule has 0 unspecified atom stereocenters. The van der Waals surface area contributed by atoms with Gasteiger partial charge in [-0.3, -0.25) is 0 Å². The summed E-state index contributed by atoms with van der Waals surface area (Å²) in [5.41, 5.74) is 0.252. The number of carbonyl (C=O) groups excluding carboxylic acids is 1. The molecule has 0 rings (SSSR count).